The number of benzene rings is 2. The number of hydrogen-bond acceptors (Lipinski definition) is 4. The van der Waals surface area contributed by atoms with Gasteiger partial charge < -0.3 is 20.1 Å². The summed E-state index contributed by atoms with van der Waals surface area (Å²) >= 11 is 0. The Morgan fingerprint density at radius 2 is 1.74 bits per heavy atom. The van der Waals surface area contributed by atoms with E-state index in [0.717, 1.165) is 28.6 Å². The summed E-state index contributed by atoms with van der Waals surface area (Å²) in [5.74, 6) is 1.58. The van der Waals surface area contributed by atoms with Crippen LogP contribution in [0, 0.1) is 0 Å². The Kier molecular flexibility index (Phi) is 2.91. The van der Waals surface area contributed by atoms with Gasteiger partial charge in [-0.25, -0.2) is 0 Å². The Bertz CT molecular complexity index is 598. The summed E-state index contributed by atoms with van der Waals surface area (Å²) in [6, 6.07) is 13.7. The molecule has 0 aromatic heterocycles. The van der Waals surface area contributed by atoms with Crippen molar-refractivity contribution in [2.75, 3.05) is 30.9 Å². The molecule has 0 aliphatic carbocycles. The third kappa shape index (κ3) is 2.17. The molecule has 2 N–H and O–H groups in total. The lowest BCUT2D eigenvalue weighted by atomic mass is 10.2. The van der Waals surface area contributed by atoms with Gasteiger partial charge in [0.15, 0.2) is 11.5 Å². The van der Waals surface area contributed by atoms with Crippen LogP contribution < -0.4 is 20.1 Å². The molecular weight excluding hydrogens is 240 g/mol. The SMILES string of the molecule is CN(c1ccc2c(c1)OCCO2)c1ccccc1N. The van der Waals surface area contributed by atoms with Crippen LogP contribution in [0.4, 0.5) is 17.1 Å². The second kappa shape index (κ2) is 4.72. The van der Waals surface area contributed by atoms with Gasteiger partial charge >= 0.3 is 0 Å². The first-order chi connectivity index (χ1) is 9.25. The lowest BCUT2D eigenvalue weighted by Gasteiger charge is -2.24. The predicted octanol–water partition coefficient (Wildman–Crippen LogP) is 2.81. The summed E-state index contributed by atoms with van der Waals surface area (Å²) in [7, 11) is 1.98. The van der Waals surface area contributed by atoms with Crippen molar-refractivity contribution in [2.45, 2.75) is 0 Å². The largest absolute Gasteiger partial charge is 0.486 e. The van der Waals surface area contributed by atoms with Crippen LogP contribution in [-0.4, -0.2) is 20.3 Å². The zero-order chi connectivity index (χ0) is 13.2. The van der Waals surface area contributed by atoms with Gasteiger partial charge in [-0.2, -0.15) is 0 Å². The molecule has 2 aromatic rings. The summed E-state index contributed by atoms with van der Waals surface area (Å²) in [5, 5.41) is 0. The second-order valence-corrected chi connectivity index (χ2v) is 4.45. The van der Waals surface area contributed by atoms with Gasteiger partial charge in [-0.05, 0) is 24.3 Å². The van der Waals surface area contributed by atoms with Crippen LogP contribution in [0.15, 0.2) is 42.5 Å². The van der Waals surface area contributed by atoms with Crippen molar-refractivity contribution >= 4 is 17.1 Å². The first-order valence-electron chi connectivity index (χ1n) is 6.23. The summed E-state index contributed by atoms with van der Waals surface area (Å²) < 4.78 is 11.1. The zero-order valence-electron chi connectivity index (χ0n) is 10.8. The van der Waals surface area contributed by atoms with Gasteiger partial charge in [-0.3, -0.25) is 0 Å². The minimum Gasteiger partial charge on any atom is -0.486 e. The number of ether oxygens (including phenoxy) is 2. The van der Waals surface area contributed by atoms with Crippen LogP contribution in [-0.2, 0) is 0 Å². The van der Waals surface area contributed by atoms with E-state index in [2.05, 4.69) is 0 Å². The first-order valence-corrected chi connectivity index (χ1v) is 6.23. The molecule has 0 amide bonds. The van der Waals surface area contributed by atoms with Crippen LogP contribution in [0.1, 0.15) is 0 Å². The van der Waals surface area contributed by atoms with E-state index in [9.17, 15) is 0 Å². The maximum Gasteiger partial charge on any atom is 0.163 e. The van der Waals surface area contributed by atoms with Crippen molar-refractivity contribution in [3.05, 3.63) is 42.5 Å². The maximum atomic E-state index is 6.00. The molecule has 19 heavy (non-hydrogen) atoms. The highest BCUT2D eigenvalue weighted by atomic mass is 16.6. The summed E-state index contributed by atoms with van der Waals surface area (Å²) in [6.45, 7) is 1.20. The van der Waals surface area contributed by atoms with E-state index in [4.69, 9.17) is 15.2 Å². The molecule has 98 valence electrons. The molecule has 1 aliphatic rings. The summed E-state index contributed by atoms with van der Waals surface area (Å²) in [5.41, 5.74) is 8.74. The fourth-order valence-corrected chi connectivity index (χ4v) is 2.17. The van der Waals surface area contributed by atoms with E-state index in [1.54, 1.807) is 0 Å². The van der Waals surface area contributed by atoms with Crippen molar-refractivity contribution in [1.82, 2.24) is 0 Å². The van der Waals surface area contributed by atoms with Gasteiger partial charge in [0.25, 0.3) is 0 Å². The number of nitrogens with zero attached hydrogens (tertiary/aromatic N) is 1. The van der Waals surface area contributed by atoms with E-state index >= 15 is 0 Å². The molecule has 0 unspecified atom stereocenters. The molecule has 0 radical (unpaired) electrons. The standard InChI is InChI=1S/C15H16N2O2/c1-17(13-5-3-2-4-12(13)16)11-6-7-14-15(10-11)19-9-8-18-14/h2-7,10H,8-9,16H2,1H3. The maximum absolute atomic E-state index is 6.00. The molecular formula is C15H16N2O2. The summed E-state index contributed by atoms with van der Waals surface area (Å²) in [4.78, 5) is 2.04. The third-order valence-corrected chi connectivity index (χ3v) is 3.21. The average molecular weight is 256 g/mol. The number of nitrogens with two attached hydrogens (primary N) is 1. The van der Waals surface area contributed by atoms with E-state index in [1.165, 1.54) is 0 Å². The van der Waals surface area contributed by atoms with Crippen LogP contribution in [0.3, 0.4) is 0 Å². The molecule has 2 aromatic carbocycles. The van der Waals surface area contributed by atoms with E-state index in [-0.39, 0.29) is 0 Å². The molecule has 4 heteroatoms. The highest BCUT2D eigenvalue weighted by molar-refractivity contribution is 5.75. The molecule has 0 bridgehead atoms. The number of fused-ring (bicyclic) bond motifs is 1. The Labute approximate surface area is 112 Å². The van der Waals surface area contributed by atoms with Crippen molar-refractivity contribution in [3.63, 3.8) is 0 Å². The van der Waals surface area contributed by atoms with Crippen LogP contribution in [0.5, 0.6) is 11.5 Å². The van der Waals surface area contributed by atoms with E-state index in [1.807, 2.05) is 54.4 Å². The van der Waals surface area contributed by atoms with Gasteiger partial charge in [0.05, 0.1) is 11.4 Å². The van der Waals surface area contributed by atoms with Gasteiger partial charge in [0.1, 0.15) is 13.2 Å². The fourth-order valence-electron chi connectivity index (χ4n) is 2.17. The van der Waals surface area contributed by atoms with Crippen molar-refractivity contribution in [2.24, 2.45) is 0 Å². The number of rotatable bonds is 2. The van der Waals surface area contributed by atoms with Gasteiger partial charge in [-0.15, -0.1) is 0 Å². The zero-order valence-corrected chi connectivity index (χ0v) is 10.8. The van der Waals surface area contributed by atoms with Crippen LogP contribution in [0.25, 0.3) is 0 Å². The molecule has 0 saturated carbocycles. The second-order valence-electron chi connectivity index (χ2n) is 4.45. The molecule has 0 saturated heterocycles. The average Bonchev–Trinajstić information content (AvgIpc) is 2.46. The minimum atomic E-state index is 0.591. The monoisotopic (exact) mass is 256 g/mol. The predicted molar refractivity (Wildman–Crippen MR) is 76.3 cm³/mol. The molecule has 4 nitrogen and oxygen atoms in total. The number of hydrogen-bond donors (Lipinski definition) is 1. The van der Waals surface area contributed by atoms with Crippen molar-refractivity contribution in [3.8, 4) is 11.5 Å². The van der Waals surface area contributed by atoms with Crippen LogP contribution in [0.2, 0.25) is 0 Å². The van der Waals surface area contributed by atoms with Gasteiger partial charge in [0, 0.05) is 18.8 Å². The fraction of sp³-hybridized carbons (Fsp3) is 0.200. The van der Waals surface area contributed by atoms with Gasteiger partial charge in [0.2, 0.25) is 0 Å². The molecule has 1 heterocycles. The highest BCUT2D eigenvalue weighted by Crippen LogP contribution is 2.36. The third-order valence-electron chi connectivity index (χ3n) is 3.21. The van der Waals surface area contributed by atoms with E-state index in [0.29, 0.717) is 13.2 Å². The quantitative estimate of drug-likeness (QED) is 0.839. The number of para-hydroxylation sites is 2. The van der Waals surface area contributed by atoms with Gasteiger partial charge in [-0.1, -0.05) is 12.1 Å². The Balaban J connectivity index is 1.96. The molecule has 1 aliphatic heterocycles. The number of nitrogen functional groups attached to an aromatic ring is 1. The van der Waals surface area contributed by atoms with Crippen LogP contribution >= 0.6 is 0 Å². The minimum absolute atomic E-state index is 0.591. The van der Waals surface area contributed by atoms with Crippen molar-refractivity contribution < 1.29 is 9.47 Å². The van der Waals surface area contributed by atoms with E-state index < -0.39 is 0 Å². The Morgan fingerprint density at radius 1 is 1.00 bits per heavy atom. The smallest absolute Gasteiger partial charge is 0.163 e. The number of anilines is 3. The topological polar surface area (TPSA) is 47.7 Å². The molecule has 0 atom stereocenters. The lowest BCUT2D eigenvalue weighted by molar-refractivity contribution is 0.171. The molecule has 3 rings (SSSR count). The summed E-state index contributed by atoms with van der Waals surface area (Å²) in [6.07, 6.45) is 0. The molecule has 0 fully saturated rings. The lowest BCUT2D eigenvalue weighted by Crippen LogP contribution is -2.16. The molecule has 0 spiro atoms. The van der Waals surface area contributed by atoms with Crippen molar-refractivity contribution in [1.29, 1.82) is 0 Å². The Hall–Kier alpha value is -2.36. The normalized spacial score (nSPS) is 13.1. The first kappa shape index (κ1) is 11.7. The Morgan fingerprint density at radius 3 is 2.53 bits per heavy atom. The highest BCUT2D eigenvalue weighted by Gasteiger charge is 2.14.